The molecule has 0 saturated carbocycles. The standard InChI is InChI=1S/C17H20N2O5/c1-5-24-16(21)13-10(2)19(3)17(22)18-14(13)11-8-6-7-9-12(11)15(20)23-4/h6-9,14H,5H2,1-4H3,(H,18,22). The van der Waals surface area contributed by atoms with E-state index in [1.807, 2.05) is 0 Å². The van der Waals surface area contributed by atoms with Gasteiger partial charge in [0.15, 0.2) is 0 Å². The van der Waals surface area contributed by atoms with E-state index in [1.54, 1.807) is 45.2 Å². The van der Waals surface area contributed by atoms with Gasteiger partial charge in [-0.25, -0.2) is 14.4 Å². The van der Waals surface area contributed by atoms with Crippen molar-refractivity contribution in [3.63, 3.8) is 0 Å². The minimum Gasteiger partial charge on any atom is -0.465 e. The van der Waals surface area contributed by atoms with Crippen LogP contribution in [0.25, 0.3) is 0 Å². The Morgan fingerprint density at radius 3 is 2.54 bits per heavy atom. The number of carbonyl (C=O) groups is 3. The topological polar surface area (TPSA) is 84.9 Å². The molecule has 0 fully saturated rings. The zero-order valence-electron chi connectivity index (χ0n) is 14.1. The molecule has 7 nitrogen and oxygen atoms in total. The molecule has 1 aliphatic heterocycles. The number of hydrogen-bond acceptors (Lipinski definition) is 5. The third-order valence-electron chi connectivity index (χ3n) is 3.93. The first-order chi connectivity index (χ1) is 11.4. The Bertz CT molecular complexity index is 711. The number of amides is 2. The van der Waals surface area contributed by atoms with E-state index in [0.717, 1.165) is 0 Å². The van der Waals surface area contributed by atoms with E-state index in [9.17, 15) is 14.4 Å². The highest BCUT2D eigenvalue weighted by molar-refractivity contribution is 5.97. The molecule has 128 valence electrons. The van der Waals surface area contributed by atoms with Gasteiger partial charge in [-0.15, -0.1) is 0 Å². The molecule has 0 saturated heterocycles. The lowest BCUT2D eigenvalue weighted by Crippen LogP contribution is -2.46. The predicted octanol–water partition coefficient (Wildman–Crippen LogP) is 2.01. The summed E-state index contributed by atoms with van der Waals surface area (Å²) in [5, 5.41) is 2.74. The number of benzene rings is 1. The number of urea groups is 1. The fourth-order valence-corrected chi connectivity index (χ4v) is 2.59. The van der Waals surface area contributed by atoms with Crippen LogP contribution in [0, 0.1) is 0 Å². The quantitative estimate of drug-likeness (QED) is 0.853. The van der Waals surface area contributed by atoms with Gasteiger partial charge in [0.1, 0.15) is 0 Å². The molecule has 1 unspecified atom stereocenters. The lowest BCUT2D eigenvalue weighted by atomic mass is 9.91. The van der Waals surface area contributed by atoms with Gasteiger partial charge in [-0.3, -0.25) is 0 Å². The fourth-order valence-electron chi connectivity index (χ4n) is 2.59. The number of allylic oxidation sites excluding steroid dienone is 1. The molecule has 1 aromatic carbocycles. The normalized spacial score (nSPS) is 17.4. The van der Waals surface area contributed by atoms with Crippen LogP contribution >= 0.6 is 0 Å². The maximum Gasteiger partial charge on any atom is 0.338 e. The van der Waals surface area contributed by atoms with Gasteiger partial charge >= 0.3 is 18.0 Å². The number of nitrogens with one attached hydrogen (secondary N) is 1. The summed E-state index contributed by atoms with van der Waals surface area (Å²) in [7, 11) is 2.84. The summed E-state index contributed by atoms with van der Waals surface area (Å²) < 4.78 is 9.91. The second kappa shape index (κ2) is 7.16. The fraction of sp³-hybridized carbons (Fsp3) is 0.353. The zero-order chi connectivity index (χ0) is 17.9. The number of carbonyl (C=O) groups excluding carboxylic acids is 3. The van der Waals surface area contributed by atoms with Crippen molar-refractivity contribution in [2.75, 3.05) is 20.8 Å². The number of hydrogen-bond donors (Lipinski definition) is 1. The molecule has 2 amide bonds. The molecule has 0 aromatic heterocycles. The Hall–Kier alpha value is -2.83. The summed E-state index contributed by atoms with van der Waals surface area (Å²) in [5.74, 6) is -1.08. The smallest absolute Gasteiger partial charge is 0.338 e. The molecule has 1 atom stereocenters. The van der Waals surface area contributed by atoms with Crippen LogP contribution in [-0.2, 0) is 14.3 Å². The van der Waals surface area contributed by atoms with Crippen molar-refractivity contribution in [1.29, 1.82) is 0 Å². The minimum atomic E-state index is -0.789. The molecule has 1 heterocycles. The molecule has 0 bridgehead atoms. The molecule has 1 aromatic rings. The molecule has 1 aliphatic rings. The van der Waals surface area contributed by atoms with Crippen LogP contribution in [-0.4, -0.2) is 43.6 Å². The van der Waals surface area contributed by atoms with Gasteiger partial charge in [0.05, 0.1) is 30.9 Å². The third kappa shape index (κ3) is 3.10. The van der Waals surface area contributed by atoms with Gasteiger partial charge in [0.25, 0.3) is 0 Å². The van der Waals surface area contributed by atoms with Gasteiger partial charge in [-0.05, 0) is 25.5 Å². The van der Waals surface area contributed by atoms with Crippen molar-refractivity contribution in [1.82, 2.24) is 10.2 Å². The Kier molecular flexibility index (Phi) is 5.23. The van der Waals surface area contributed by atoms with E-state index < -0.39 is 18.0 Å². The molecule has 1 N–H and O–H groups in total. The molecule has 2 rings (SSSR count). The van der Waals surface area contributed by atoms with E-state index >= 15 is 0 Å². The average molecular weight is 332 g/mol. The summed E-state index contributed by atoms with van der Waals surface area (Å²) >= 11 is 0. The molecule has 0 radical (unpaired) electrons. The van der Waals surface area contributed by atoms with Crippen molar-refractivity contribution in [3.8, 4) is 0 Å². The van der Waals surface area contributed by atoms with E-state index in [1.165, 1.54) is 12.0 Å². The lowest BCUT2D eigenvalue weighted by molar-refractivity contribution is -0.139. The first kappa shape index (κ1) is 17.5. The van der Waals surface area contributed by atoms with Gasteiger partial charge in [0, 0.05) is 12.7 Å². The van der Waals surface area contributed by atoms with Gasteiger partial charge < -0.3 is 19.7 Å². The number of ether oxygens (including phenoxy) is 2. The summed E-state index contributed by atoms with van der Waals surface area (Å²) in [6, 6.07) is 5.52. The van der Waals surface area contributed by atoms with Gasteiger partial charge in [0.2, 0.25) is 0 Å². The van der Waals surface area contributed by atoms with E-state index in [0.29, 0.717) is 11.3 Å². The summed E-state index contributed by atoms with van der Waals surface area (Å²) in [6.07, 6.45) is 0. The molecule has 0 spiro atoms. The van der Waals surface area contributed by atoms with Crippen LogP contribution in [0.2, 0.25) is 0 Å². The number of nitrogens with zero attached hydrogens (tertiary/aromatic N) is 1. The number of rotatable bonds is 4. The first-order valence-corrected chi connectivity index (χ1v) is 7.51. The van der Waals surface area contributed by atoms with Crippen LogP contribution in [0.3, 0.4) is 0 Å². The molecule has 0 aliphatic carbocycles. The molecular weight excluding hydrogens is 312 g/mol. The Morgan fingerprint density at radius 1 is 1.25 bits per heavy atom. The Morgan fingerprint density at radius 2 is 1.92 bits per heavy atom. The molecular formula is C17H20N2O5. The maximum absolute atomic E-state index is 12.4. The highest BCUT2D eigenvalue weighted by Crippen LogP contribution is 2.32. The monoisotopic (exact) mass is 332 g/mol. The van der Waals surface area contributed by atoms with Crippen molar-refractivity contribution >= 4 is 18.0 Å². The number of esters is 2. The highest BCUT2D eigenvalue weighted by Gasteiger charge is 2.36. The van der Waals surface area contributed by atoms with E-state index in [2.05, 4.69) is 5.32 Å². The van der Waals surface area contributed by atoms with Crippen molar-refractivity contribution < 1.29 is 23.9 Å². The van der Waals surface area contributed by atoms with Crippen LogP contribution in [0.5, 0.6) is 0 Å². The predicted molar refractivity (Wildman–Crippen MR) is 86.2 cm³/mol. The highest BCUT2D eigenvalue weighted by atomic mass is 16.5. The van der Waals surface area contributed by atoms with Crippen LogP contribution in [0.1, 0.15) is 35.8 Å². The van der Waals surface area contributed by atoms with E-state index in [4.69, 9.17) is 9.47 Å². The molecule has 24 heavy (non-hydrogen) atoms. The van der Waals surface area contributed by atoms with Crippen LogP contribution in [0.4, 0.5) is 4.79 Å². The average Bonchev–Trinajstić information content (AvgIpc) is 2.58. The van der Waals surface area contributed by atoms with Crippen molar-refractivity contribution in [2.45, 2.75) is 19.9 Å². The van der Waals surface area contributed by atoms with Gasteiger partial charge in [-0.1, -0.05) is 18.2 Å². The lowest BCUT2D eigenvalue weighted by Gasteiger charge is -2.33. The second-order valence-corrected chi connectivity index (χ2v) is 5.24. The van der Waals surface area contributed by atoms with E-state index in [-0.39, 0.29) is 23.8 Å². The Balaban J connectivity index is 2.61. The first-order valence-electron chi connectivity index (χ1n) is 7.51. The third-order valence-corrected chi connectivity index (χ3v) is 3.93. The van der Waals surface area contributed by atoms with Crippen molar-refractivity contribution in [3.05, 3.63) is 46.7 Å². The number of methoxy groups -OCH3 is 1. The second-order valence-electron chi connectivity index (χ2n) is 5.24. The minimum absolute atomic E-state index is 0.207. The maximum atomic E-state index is 12.4. The Labute approximate surface area is 140 Å². The summed E-state index contributed by atoms with van der Waals surface area (Å²) in [6.45, 7) is 3.58. The van der Waals surface area contributed by atoms with Crippen LogP contribution < -0.4 is 5.32 Å². The zero-order valence-corrected chi connectivity index (χ0v) is 14.1. The SMILES string of the molecule is CCOC(=O)C1=C(C)N(C)C(=O)NC1c1ccccc1C(=O)OC. The summed E-state index contributed by atoms with van der Waals surface area (Å²) in [4.78, 5) is 38.0. The largest absolute Gasteiger partial charge is 0.465 e. The molecule has 7 heteroatoms. The van der Waals surface area contributed by atoms with Crippen LogP contribution in [0.15, 0.2) is 35.5 Å². The summed E-state index contributed by atoms with van der Waals surface area (Å²) in [5.41, 5.74) is 1.52. The van der Waals surface area contributed by atoms with Gasteiger partial charge in [-0.2, -0.15) is 0 Å². The van der Waals surface area contributed by atoms with Crippen molar-refractivity contribution in [2.24, 2.45) is 0 Å².